The summed E-state index contributed by atoms with van der Waals surface area (Å²) in [6.45, 7) is 5.48. The van der Waals surface area contributed by atoms with Crippen LogP contribution in [0.3, 0.4) is 0 Å². The monoisotopic (exact) mass is 150 g/mol. The van der Waals surface area contributed by atoms with E-state index < -0.39 is 0 Å². The van der Waals surface area contributed by atoms with Gasteiger partial charge in [-0.15, -0.1) is 0 Å². The Labute approximate surface area is 69.6 Å². The quantitative estimate of drug-likeness (QED) is 0.521. The Balaban J connectivity index is 2.24. The highest BCUT2D eigenvalue weighted by atomic mass is 15.1. The van der Waals surface area contributed by atoms with Gasteiger partial charge in [-0.25, -0.2) is 0 Å². The number of rotatable bonds is 1. The maximum absolute atomic E-state index is 5.56. The van der Waals surface area contributed by atoms with E-state index in [9.17, 15) is 0 Å². The smallest absolute Gasteiger partial charge is 0.178 e. The van der Waals surface area contributed by atoms with Crippen molar-refractivity contribution >= 4 is 7.98 Å². The van der Waals surface area contributed by atoms with Gasteiger partial charge >= 0.3 is 0 Å². The minimum atomic E-state index is 0.131. The van der Waals surface area contributed by atoms with Crippen LogP contribution in [-0.4, -0.2) is 26.1 Å². The maximum atomic E-state index is 5.56. The molecule has 0 bridgehead atoms. The van der Waals surface area contributed by atoms with E-state index in [2.05, 4.69) is 24.4 Å². The summed E-state index contributed by atoms with van der Waals surface area (Å²) in [6, 6.07) is 0.628. The molecule has 2 radical (unpaired) electrons. The van der Waals surface area contributed by atoms with Crippen LogP contribution in [0.5, 0.6) is 0 Å². The predicted molar refractivity (Wildman–Crippen MR) is 46.4 cm³/mol. The number of nitrogens with one attached hydrogen (secondary N) is 2. The second-order valence-corrected chi connectivity index (χ2v) is 4.24. The first-order chi connectivity index (χ1) is 5.15. The standard InChI is InChI=1S/C8H15BN2/c1-6-8(3-4-8)7(2,11-9)5-10-6/h6,10-11H,3-5H2,1-2H3. The zero-order chi connectivity index (χ0) is 8.11. The molecule has 0 aromatic rings. The van der Waals surface area contributed by atoms with Crippen molar-refractivity contribution in [1.29, 1.82) is 0 Å². The highest BCUT2D eigenvalue weighted by molar-refractivity contribution is 6.05. The fraction of sp³-hybridized carbons (Fsp3) is 1.00. The largest absolute Gasteiger partial charge is 0.360 e. The summed E-state index contributed by atoms with van der Waals surface area (Å²) < 4.78 is 0. The van der Waals surface area contributed by atoms with Crippen molar-refractivity contribution in [2.24, 2.45) is 5.41 Å². The van der Waals surface area contributed by atoms with Gasteiger partial charge in [0, 0.05) is 23.5 Å². The molecule has 0 aromatic carbocycles. The van der Waals surface area contributed by atoms with Gasteiger partial charge in [0.25, 0.3) is 0 Å². The SMILES string of the molecule is [B]NC1(C)CNC(C)C12CC2. The Morgan fingerprint density at radius 1 is 1.55 bits per heavy atom. The predicted octanol–water partition coefficient (Wildman–Crippen LogP) is 0.190. The summed E-state index contributed by atoms with van der Waals surface area (Å²) in [4.78, 5) is 0. The molecule has 1 saturated heterocycles. The van der Waals surface area contributed by atoms with E-state index in [1.165, 1.54) is 12.8 Å². The van der Waals surface area contributed by atoms with Crippen LogP contribution in [0.1, 0.15) is 26.7 Å². The van der Waals surface area contributed by atoms with Crippen molar-refractivity contribution in [3.63, 3.8) is 0 Å². The molecule has 2 fully saturated rings. The summed E-state index contributed by atoms with van der Waals surface area (Å²) in [6.07, 6.45) is 2.64. The van der Waals surface area contributed by atoms with Crippen molar-refractivity contribution < 1.29 is 0 Å². The molecule has 2 rings (SSSR count). The molecule has 60 valence electrons. The van der Waals surface area contributed by atoms with Crippen molar-refractivity contribution in [3.8, 4) is 0 Å². The molecule has 0 amide bonds. The first-order valence-electron chi connectivity index (χ1n) is 4.36. The molecule has 3 heteroatoms. The first kappa shape index (κ1) is 7.62. The van der Waals surface area contributed by atoms with E-state index in [0.29, 0.717) is 11.5 Å². The van der Waals surface area contributed by atoms with E-state index >= 15 is 0 Å². The molecule has 2 atom stereocenters. The Morgan fingerprint density at radius 2 is 2.18 bits per heavy atom. The van der Waals surface area contributed by atoms with Gasteiger partial charge in [0.15, 0.2) is 7.98 Å². The minimum Gasteiger partial charge on any atom is -0.360 e. The van der Waals surface area contributed by atoms with E-state index in [1.54, 1.807) is 0 Å². The van der Waals surface area contributed by atoms with Gasteiger partial charge in [-0.2, -0.15) is 0 Å². The van der Waals surface area contributed by atoms with E-state index in [0.717, 1.165) is 6.54 Å². The summed E-state index contributed by atoms with van der Waals surface area (Å²) in [7, 11) is 5.56. The zero-order valence-electron chi connectivity index (χ0n) is 7.28. The molecule has 2 aliphatic rings. The normalized spacial score (nSPS) is 46.5. The van der Waals surface area contributed by atoms with Gasteiger partial charge in [0.2, 0.25) is 0 Å². The summed E-state index contributed by atoms with van der Waals surface area (Å²) >= 11 is 0. The Bertz CT molecular complexity index is 179. The third kappa shape index (κ3) is 0.758. The maximum Gasteiger partial charge on any atom is 0.178 e. The fourth-order valence-electron chi connectivity index (χ4n) is 2.52. The summed E-state index contributed by atoms with van der Waals surface area (Å²) in [5.41, 5.74) is 0.591. The van der Waals surface area contributed by atoms with Crippen LogP contribution < -0.4 is 10.5 Å². The summed E-state index contributed by atoms with van der Waals surface area (Å²) in [5.74, 6) is 0. The second-order valence-electron chi connectivity index (χ2n) is 4.24. The molecule has 11 heavy (non-hydrogen) atoms. The van der Waals surface area contributed by atoms with Gasteiger partial charge in [0.05, 0.1) is 0 Å². The van der Waals surface area contributed by atoms with Crippen molar-refractivity contribution in [3.05, 3.63) is 0 Å². The third-order valence-electron chi connectivity index (χ3n) is 3.80. The lowest BCUT2D eigenvalue weighted by atomic mass is 9.80. The van der Waals surface area contributed by atoms with E-state index in [1.807, 2.05) is 0 Å². The van der Waals surface area contributed by atoms with Crippen LogP contribution in [-0.2, 0) is 0 Å². The molecule has 1 heterocycles. The highest BCUT2D eigenvalue weighted by Gasteiger charge is 2.62. The van der Waals surface area contributed by atoms with Gasteiger partial charge < -0.3 is 10.5 Å². The second kappa shape index (κ2) is 2.02. The van der Waals surface area contributed by atoms with E-state index in [-0.39, 0.29) is 5.54 Å². The molecule has 0 aromatic heterocycles. The minimum absolute atomic E-state index is 0.131. The van der Waals surface area contributed by atoms with Gasteiger partial charge in [-0.1, -0.05) is 0 Å². The first-order valence-corrected chi connectivity index (χ1v) is 4.36. The molecule has 1 aliphatic heterocycles. The average molecular weight is 150 g/mol. The van der Waals surface area contributed by atoms with Gasteiger partial charge in [0.1, 0.15) is 0 Å². The Kier molecular flexibility index (Phi) is 1.40. The molecule has 2 N–H and O–H groups in total. The third-order valence-corrected chi connectivity index (χ3v) is 3.80. The van der Waals surface area contributed by atoms with Crippen LogP contribution in [0.15, 0.2) is 0 Å². The molecular weight excluding hydrogens is 135 g/mol. The average Bonchev–Trinajstić information content (AvgIpc) is 2.75. The lowest BCUT2D eigenvalue weighted by molar-refractivity contribution is 0.292. The Hall–Kier alpha value is -0.0151. The molecular formula is C8H15BN2. The molecule has 1 spiro atoms. The van der Waals surface area contributed by atoms with Gasteiger partial charge in [-0.3, -0.25) is 0 Å². The van der Waals surface area contributed by atoms with Crippen LogP contribution in [0, 0.1) is 5.41 Å². The Morgan fingerprint density at radius 3 is 2.55 bits per heavy atom. The molecule has 1 aliphatic carbocycles. The molecule has 1 saturated carbocycles. The molecule has 2 unspecified atom stereocenters. The van der Waals surface area contributed by atoms with E-state index in [4.69, 9.17) is 7.98 Å². The van der Waals surface area contributed by atoms with Crippen molar-refractivity contribution in [2.45, 2.75) is 38.3 Å². The lowest BCUT2D eigenvalue weighted by Gasteiger charge is -2.32. The highest BCUT2D eigenvalue weighted by Crippen LogP contribution is 2.58. The topological polar surface area (TPSA) is 24.1 Å². The lowest BCUT2D eigenvalue weighted by Crippen LogP contribution is -2.49. The van der Waals surface area contributed by atoms with Crippen molar-refractivity contribution in [2.75, 3.05) is 6.54 Å². The fourth-order valence-corrected chi connectivity index (χ4v) is 2.52. The van der Waals surface area contributed by atoms with Crippen molar-refractivity contribution in [1.82, 2.24) is 10.5 Å². The van der Waals surface area contributed by atoms with Crippen LogP contribution in [0.4, 0.5) is 0 Å². The van der Waals surface area contributed by atoms with Gasteiger partial charge in [-0.05, 0) is 26.7 Å². The summed E-state index contributed by atoms with van der Waals surface area (Å²) in [5, 5.41) is 6.43. The molecule has 2 nitrogen and oxygen atoms in total. The zero-order valence-corrected chi connectivity index (χ0v) is 7.28. The number of hydrogen-bond acceptors (Lipinski definition) is 2. The van der Waals surface area contributed by atoms with Crippen LogP contribution in [0.2, 0.25) is 0 Å². The number of hydrogen-bond donors (Lipinski definition) is 2. The van der Waals surface area contributed by atoms with Crippen LogP contribution in [0.25, 0.3) is 0 Å². The van der Waals surface area contributed by atoms with Crippen LogP contribution >= 0.6 is 0 Å².